The van der Waals surface area contributed by atoms with Crippen LogP contribution in [-0.4, -0.2) is 31.0 Å². The van der Waals surface area contributed by atoms with E-state index in [1.165, 1.54) is 36.4 Å². The Morgan fingerprint density at radius 2 is 1.21 bits per heavy atom. The normalized spacial score (nSPS) is 11.9. The predicted molar refractivity (Wildman–Crippen MR) is 170 cm³/mol. The van der Waals surface area contributed by atoms with E-state index in [0.29, 0.717) is 38.6 Å². The average molecular weight is 698 g/mol. The Kier molecular flexibility index (Phi) is 11.9. The Balaban J connectivity index is 0.00000260. The van der Waals surface area contributed by atoms with Gasteiger partial charge < -0.3 is 19.5 Å². The first-order valence-corrected chi connectivity index (χ1v) is 16.3. The molecule has 6 aromatic carbocycles. The van der Waals surface area contributed by atoms with Crippen molar-refractivity contribution in [1.29, 1.82) is 0 Å². The molecular weight excluding hydrogens is 676 g/mol. The van der Waals surface area contributed by atoms with E-state index in [4.69, 9.17) is 0 Å². The molecule has 0 unspecified atom stereocenters. The molecule has 0 aliphatic rings. The van der Waals surface area contributed by atoms with Crippen molar-refractivity contribution >= 4 is 75.9 Å². The van der Waals surface area contributed by atoms with Gasteiger partial charge in [0.1, 0.15) is 31.7 Å². The number of rotatable bonds is 8. The summed E-state index contributed by atoms with van der Waals surface area (Å²) in [6.07, 6.45) is 0. The third kappa shape index (κ3) is 8.36. The Labute approximate surface area is 319 Å². The maximum atomic E-state index is 12.1. The fourth-order valence-electron chi connectivity index (χ4n) is 4.76. The van der Waals surface area contributed by atoms with E-state index < -0.39 is 30.0 Å². The van der Waals surface area contributed by atoms with Crippen LogP contribution in [0.25, 0.3) is 21.5 Å². The van der Waals surface area contributed by atoms with Crippen molar-refractivity contribution in [3.05, 3.63) is 115 Å². The zero-order valence-electron chi connectivity index (χ0n) is 25.5. The van der Waals surface area contributed by atoms with Gasteiger partial charge in [0.2, 0.25) is 0 Å². The van der Waals surface area contributed by atoms with Crippen molar-refractivity contribution in [3.8, 4) is 5.75 Å². The fourth-order valence-corrected chi connectivity index (χ4v) is 5.92. The Bertz CT molecular complexity index is 2430. The van der Waals surface area contributed by atoms with Gasteiger partial charge in [0, 0.05) is 21.8 Å². The molecule has 2 N–H and O–H groups in total. The first kappa shape index (κ1) is 37.3. The number of fused-ring (bicyclic) bond motifs is 2. The average Bonchev–Trinajstić information content (AvgIpc) is 3.03. The molecule has 16 heteroatoms. The van der Waals surface area contributed by atoms with Crippen LogP contribution in [0.2, 0.25) is 0 Å². The van der Waals surface area contributed by atoms with Gasteiger partial charge >= 0.3 is 59.1 Å². The minimum Gasteiger partial charge on any atom is -0.744 e. The Morgan fingerprint density at radius 1 is 0.583 bits per heavy atom. The molecule has 0 aliphatic heterocycles. The largest absolute Gasteiger partial charge is 1.00 e. The van der Waals surface area contributed by atoms with E-state index in [9.17, 15) is 31.0 Å². The van der Waals surface area contributed by atoms with Gasteiger partial charge in [-0.1, -0.05) is 54.6 Å². The molecule has 48 heavy (non-hydrogen) atoms. The van der Waals surface area contributed by atoms with E-state index in [1.54, 1.807) is 66.7 Å². The maximum absolute atomic E-state index is 12.1. The van der Waals surface area contributed by atoms with Gasteiger partial charge in [-0.05, 0) is 66.0 Å². The molecule has 0 aromatic heterocycles. The van der Waals surface area contributed by atoms with Crippen LogP contribution in [0.15, 0.2) is 146 Å². The van der Waals surface area contributed by atoms with Crippen LogP contribution < -0.4 is 64.4 Å². The van der Waals surface area contributed by atoms with Gasteiger partial charge in [-0.25, -0.2) is 16.8 Å². The number of anilines is 2. The van der Waals surface area contributed by atoms with Gasteiger partial charge in [-0.15, -0.1) is 15.3 Å². The van der Waals surface area contributed by atoms with Crippen molar-refractivity contribution in [2.45, 2.75) is 9.79 Å². The minimum absolute atomic E-state index is 0. The predicted octanol–water partition coefficient (Wildman–Crippen LogP) is 2.09. The SMILES string of the molecule is O=S(=O)([O-])c1ccc2c(N=Nc3ccc(N=Nc4ccc(Nc5ccccc5)c(S(=O)(=O)[O-])c4)c4ccccc34)c(O)ccc2c1.[Na+].[Na+]. The quantitative estimate of drug-likeness (QED) is 0.137. The summed E-state index contributed by atoms with van der Waals surface area (Å²) in [6.45, 7) is 0. The third-order valence-electron chi connectivity index (χ3n) is 6.93. The summed E-state index contributed by atoms with van der Waals surface area (Å²) in [4.78, 5) is -0.883. The molecule has 0 bridgehead atoms. The molecule has 0 aliphatic carbocycles. The van der Waals surface area contributed by atoms with E-state index in [1.807, 2.05) is 0 Å². The minimum atomic E-state index is -4.85. The molecule has 0 atom stereocenters. The van der Waals surface area contributed by atoms with E-state index in [0.717, 1.165) is 12.1 Å². The first-order valence-electron chi connectivity index (χ1n) is 13.5. The first-order chi connectivity index (χ1) is 22.0. The Morgan fingerprint density at radius 3 is 1.83 bits per heavy atom. The summed E-state index contributed by atoms with van der Waals surface area (Å²) < 4.78 is 70.5. The number of aromatic hydroxyl groups is 1. The van der Waals surface area contributed by atoms with Crippen molar-refractivity contribution in [2.24, 2.45) is 20.5 Å². The molecule has 0 amide bonds. The standard InChI is InChI=1S/C32H23N5O7S2.2Na/c38-30-17-10-20-18-23(45(39,40)41)12-13-24(20)32(30)37-36-28-16-15-27(25-8-4-5-9-26(25)28)35-34-22-11-14-29(31(19-22)46(42,43)44)33-21-6-2-1-3-7-21;;/h1-19,33,38H,(H,39,40,41)(H,42,43,44);;/q;2*+1/p-2. The molecule has 0 fully saturated rings. The van der Waals surface area contributed by atoms with Crippen LogP contribution in [0.3, 0.4) is 0 Å². The third-order valence-corrected chi connectivity index (χ3v) is 8.63. The van der Waals surface area contributed by atoms with Crippen LogP contribution in [0, 0.1) is 0 Å². The van der Waals surface area contributed by atoms with Gasteiger partial charge in [0.05, 0.1) is 32.5 Å². The van der Waals surface area contributed by atoms with E-state index >= 15 is 0 Å². The molecule has 6 rings (SSSR count). The number of azo groups is 2. The van der Waals surface area contributed by atoms with Crippen LogP contribution in [0.1, 0.15) is 0 Å². The molecule has 6 aromatic rings. The monoisotopic (exact) mass is 697 g/mol. The van der Waals surface area contributed by atoms with Crippen LogP contribution in [0.5, 0.6) is 5.75 Å². The van der Waals surface area contributed by atoms with Crippen molar-refractivity contribution < 1.29 is 90.2 Å². The van der Waals surface area contributed by atoms with Crippen molar-refractivity contribution in [3.63, 3.8) is 0 Å². The number of phenolic OH excluding ortho intramolecular Hbond substituents is 1. The van der Waals surface area contributed by atoms with E-state index in [-0.39, 0.29) is 81.9 Å². The number of hydrogen-bond acceptors (Lipinski definition) is 12. The number of phenols is 1. The summed E-state index contributed by atoms with van der Waals surface area (Å²) in [5.74, 6) is -0.201. The summed E-state index contributed by atoms with van der Waals surface area (Å²) in [7, 11) is -9.52. The summed E-state index contributed by atoms with van der Waals surface area (Å²) in [5.41, 5.74) is 1.76. The van der Waals surface area contributed by atoms with Gasteiger partial charge in [-0.2, -0.15) is 5.11 Å². The van der Waals surface area contributed by atoms with Crippen LogP contribution in [0.4, 0.5) is 34.1 Å². The van der Waals surface area contributed by atoms with Crippen LogP contribution >= 0.6 is 0 Å². The fraction of sp³-hybridized carbons (Fsp3) is 0. The van der Waals surface area contributed by atoms with Crippen molar-refractivity contribution in [1.82, 2.24) is 0 Å². The summed E-state index contributed by atoms with van der Waals surface area (Å²) in [6, 6.07) is 29.8. The zero-order chi connectivity index (χ0) is 32.5. The maximum Gasteiger partial charge on any atom is 1.00 e. The second-order valence-corrected chi connectivity index (χ2v) is 12.7. The molecule has 0 radical (unpaired) electrons. The second kappa shape index (κ2) is 15.3. The summed E-state index contributed by atoms with van der Waals surface area (Å²) >= 11 is 0. The Hall–Kier alpha value is -3.54. The van der Waals surface area contributed by atoms with E-state index in [2.05, 4.69) is 25.8 Å². The molecular formula is C32H21N5Na2O7S2. The number of hydrogen-bond donors (Lipinski definition) is 2. The smallest absolute Gasteiger partial charge is 0.744 e. The molecule has 12 nitrogen and oxygen atoms in total. The van der Waals surface area contributed by atoms with Gasteiger partial charge in [0.25, 0.3) is 0 Å². The molecule has 0 saturated carbocycles. The van der Waals surface area contributed by atoms with Crippen LogP contribution in [-0.2, 0) is 20.2 Å². The zero-order valence-corrected chi connectivity index (χ0v) is 31.1. The number of nitrogens with one attached hydrogen (secondary N) is 1. The number of nitrogens with zero attached hydrogens (tertiary/aromatic N) is 4. The molecule has 0 heterocycles. The topological polar surface area (TPSA) is 196 Å². The van der Waals surface area contributed by atoms with Gasteiger partial charge in [0.15, 0.2) is 0 Å². The molecule has 0 saturated heterocycles. The molecule has 0 spiro atoms. The van der Waals surface area contributed by atoms with Gasteiger partial charge in [-0.3, -0.25) is 0 Å². The number of para-hydroxylation sites is 1. The van der Waals surface area contributed by atoms with Crippen molar-refractivity contribution in [2.75, 3.05) is 5.32 Å². The number of benzene rings is 6. The second-order valence-electron chi connectivity index (χ2n) is 9.95. The molecule has 230 valence electrons. The summed E-state index contributed by atoms with van der Waals surface area (Å²) in [5, 5.41) is 32.5.